The van der Waals surface area contributed by atoms with Gasteiger partial charge in [0.05, 0.1) is 0 Å². The first-order chi connectivity index (χ1) is 6.74. The molecule has 0 aromatic heterocycles. The van der Waals surface area contributed by atoms with Gasteiger partial charge in [0.15, 0.2) is 0 Å². The summed E-state index contributed by atoms with van der Waals surface area (Å²) in [5.74, 6) is 0.619. The minimum Gasteiger partial charge on any atom is -0.0885 e. The zero-order valence-corrected chi connectivity index (χ0v) is 10.4. The normalized spacial score (nSPS) is 13.4. The van der Waals surface area contributed by atoms with Crippen LogP contribution in [0.4, 0.5) is 0 Å². The van der Waals surface area contributed by atoms with Crippen molar-refractivity contribution in [2.45, 2.75) is 26.7 Å². The molecule has 76 valence electrons. The van der Waals surface area contributed by atoms with E-state index in [0.29, 0.717) is 5.92 Å². The van der Waals surface area contributed by atoms with Crippen LogP contribution in [0.15, 0.2) is 40.9 Å². The van der Waals surface area contributed by atoms with E-state index in [4.69, 9.17) is 0 Å². The Kier molecular flexibility index (Phi) is 4.95. The molecule has 0 heterocycles. The lowest BCUT2D eigenvalue weighted by Gasteiger charge is -2.07. The van der Waals surface area contributed by atoms with Crippen LogP contribution in [0.1, 0.15) is 25.8 Å². The van der Waals surface area contributed by atoms with Gasteiger partial charge in [0.25, 0.3) is 0 Å². The molecule has 0 radical (unpaired) electrons. The smallest absolute Gasteiger partial charge is 0.0207 e. The van der Waals surface area contributed by atoms with Gasteiger partial charge in [-0.05, 0) is 30.4 Å². The van der Waals surface area contributed by atoms with Crippen molar-refractivity contribution < 1.29 is 0 Å². The molecular weight excluding hydrogens is 236 g/mol. The maximum absolute atomic E-state index is 3.57. The zero-order chi connectivity index (χ0) is 10.4. The van der Waals surface area contributed by atoms with Gasteiger partial charge >= 0.3 is 0 Å². The number of hydrogen-bond acceptors (Lipinski definition) is 0. The van der Waals surface area contributed by atoms with E-state index in [1.54, 1.807) is 0 Å². The lowest BCUT2D eigenvalue weighted by Crippen LogP contribution is -1.96. The lowest BCUT2D eigenvalue weighted by atomic mass is 10.0. The summed E-state index contributed by atoms with van der Waals surface area (Å²) in [5.41, 5.74) is 1.39. The Morgan fingerprint density at radius 1 is 1.36 bits per heavy atom. The second-order valence-electron chi connectivity index (χ2n) is 3.61. The highest BCUT2D eigenvalue weighted by Gasteiger charge is 2.02. The second kappa shape index (κ2) is 6.02. The van der Waals surface area contributed by atoms with Crippen LogP contribution < -0.4 is 0 Å². The zero-order valence-electron chi connectivity index (χ0n) is 8.83. The van der Waals surface area contributed by atoms with Gasteiger partial charge in [-0.2, -0.15) is 0 Å². The van der Waals surface area contributed by atoms with E-state index in [0.717, 1.165) is 12.8 Å². The molecule has 0 N–H and O–H groups in total. The number of halogens is 1. The minimum absolute atomic E-state index is 0.619. The molecule has 1 atom stereocenters. The van der Waals surface area contributed by atoms with Crippen molar-refractivity contribution in [3.8, 4) is 0 Å². The molecule has 0 aliphatic carbocycles. The molecular formula is C13H17Br. The summed E-state index contributed by atoms with van der Waals surface area (Å²) >= 11 is 3.57. The van der Waals surface area contributed by atoms with E-state index in [1.165, 1.54) is 10.0 Å². The summed E-state index contributed by atoms with van der Waals surface area (Å²) in [4.78, 5) is 0. The van der Waals surface area contributed by atoms with Gasteiger partial charge in [-0.15, -0.1) is 0 Å². The van der Waals surface area contributed by atoms with Crippen LogP contribution in [-0.4, -0.2) is 0 Å². The van der Waals surface area contributed by atoms with Crippen molar-refractivity contribution in [3.63, 3.8) is 0 Å². The van der Waals surface area contributed by atoms with Gasteiger partial charge in [-0.1, -0.05) is 60.1 Å². The van der Waals surface area contributed by atoms with Crippen LogP contribution in [-0.2, 0) is 6.42 Å². The van der Waals surface area contributed by atoms with Crippen LogP contribution in [0, 0.1) is 5.92 Å². The fourth-order valence-electron chi connectivity index (χ4n) is 1.45. The quantitative estimate of drug-likeness (QED) is 0.688. The number of benzene rings is 1. The van der Waals surface area contributed by atoms with E-state index in [-0.39, 0.29) is 0 Å². The second-order valence-corrected chi connectivity index (χ2v) is 4.46. The van der Waals surface area contributed by atoms with Gasteiger partial charge in [0.2, 0.25) is 0 Å². The van der Waals surface area contributed by atoms with Gasteiger partial charge in [-0.3, -0.25) is 0 Å². The molecule has 1 rings (SSSR count). The van der Waals surface area contributed by atoms with Gasteiger partial charge in [-0.25, -0.2) is 0 Å². The van der Waals surface area contributed by atoms with E-state index in [2.05, 4.69) is 66.2 Å². The van der Waals surface area contributed by atoms with Crippen LogP contribution in [0.2, 0.25) is 0 Å². The summed E-state index contributed by atoms with van der Waals surface area (Å²) in [6.45, 7) is 4.42. The fourth-order valence-corrected chi connectivity index (χ4v) is 1.89. The molecule has 1 unspecified atom stereocenters. The Hall–Kier alpha value is -0.560. The third kappa shape index (κ3) is 3.67. The molecule has 1 heteroatoms. The van der Waals surface area contributed by atoms with Crippen molar-refractivity contribution in [1.29, 1.82) is 0 Å². The van der Waals surface area contributed by atoms with Crippen molar-refractivity contribution in [1.82, 2.24) is 0 Å². The molecule has 0 aliphatic rings. The van der Waals surface area contributed by atoms with Crippen LogP contribution in [0.5, 0.6) is 0 Å². The third-order valence-corrected chi connectivity index (χ3v) is 2.97. The maximum atomic E-state index is 3.57. The van der Waals surface area contributed by atoms with Crippen molar-refractivity contribution in [2.24, 2.45) is 5.92 Å². The molecule has 1 aromatic carbocycles. The number of rotatable bonds is 4. The Morgan fingerprint density at radius 3 is 2.71 bits per heavy atom. The topological polar surface area (TPSA) is 0 Å². The van der Waals surface area contributed by atoms with Crippen LogP contribution >= 0.6 is 15.9 Å². The Bertz CT molecular complexity index is 302. The highest BCUT2D eigenvalue weighted by atomic mass is 79.9. The van der Waals surface area contributed by atoms with Crippen LogP contribution in [0.25, 0.3) is 0 Å². The average Bonchev–Trinajstić information content (AvgIpc) is 2.18. The summed E-state index contributed by atoms with van der Waals surface area (Å²) in [7, 11) is 0. The van der Waals surface area contributed by atoms with E-state index >= 15 is 0 Å². The monoisotopic (exact) mass is 252 g/mol. The van der Waals surface area contributed by atoms with Gasteiger partial charge < -0.3 is 0 Å². The van der Waals surface area contributed by atoms with Gasteiger partial charge in [0, 0.05) is 4.47 Å². The van der Waals surface area contributed by atoms with E-state index in [1.807, 2.05) is 0 Å². The minimum atomic E-state index is 0.619. The first-order valence-electron chi connectivity index (χ1n) is 5.14. The number of hydrogen-bond donors (Lipinski definition) is 0. The summed E-state index contributed by atoms with van der Waals surface area (Å²) in [5, 5.41) is 0. The summed E-state index contributed by atoms with van der Waals surface area (Å²) in [6, 6.07) is 8.43. The SMILES string of the molecule is CC/C=C\C(C)Cc1ccccc1Br. The Balaban J connectivity index is 2.60. The fraction of sp³-hybridized carbons (Fsp3) is 0.385. The maximum Gasteiger partial charge on any atom is 0.0207 e. The summed E-state index contributed by atoms with van der Waals surface area (Å²) < 4.78 is 1.22. The molecule has 1 aromatic rings. The molecule has 14 heavy (non-hydrogen) atoms. The first-order valence-corrected chi connectivity index (χ1v) is 5.93. The molecule has 0 fully saturated rings. The Labute approximate surface area is 95.2 Å². The highest BCUT2D eigenvalue weighted by Crippen LogP contribution is 2.19. The lowest BCUT2D eigenvalue weighted by molar-refractivity contribution is 0.718. The molecule has 0 amide bonds. The predicted octanol–water partition coefficient (Wildman–Crippen LogP) is 4.59. The molecule has 0 saturated carbocycles. The Morgan fingerprint density at radius 2 is 2.07 bits per heavy atom. The predicted molar refractivity (Wildman–Crippen MR) is 66.4 cm³/mol. The van der Waals surface area contributed by atoms with E-state index in [9.17, 15) is 0 Å². The van der Waals surface area contributed by atoms with Crippen molar-refractivity contribution in [3.05, 3.63) is 46.5 Å². The van der Waals surface area contributed by atoms with Crippen molar-refractivity contribution in [2.75, 3.05) is 0 Å². The molecule has 0 aliphatic heterocycles. The van der Waals surface area contributed by atoms with Crippen molar-refractivity contribution >= 4 is 15.9 Å². The first kappa shape index (κ1) is 11.5. The van der Waals surface area contributed by atoms with Crippen LogP contribution in [0.3, 0.4) is 0 Å². The number of allylic oxidation sites excluding steroid dienone is 2. The van der Waals surface area contributed by atoms with E-state index < -0.39 is 0 Å². The third-order valence-electron chi connectivity index (χ3n) is 2.20. The van der Waals surface area contributed by atoms with Gasteiger partial charge in [0.1, 0.15) is 0 Å². The standard InChI is InChI=1S/C13H17Br/c1-3-4-7-11(2)10-12-8-5-6-9-13(12)14/h4-9,11H,3,10H2,1-2H3/b7-4-. The summed E-state index contributed by atoms with van der Waals surface area (Å²) in [6.07, 6.45) is 6.76. The highest BCUT2D eigenvalue weighted by molar-refractivity contribution is 9.10. The molecule has 0 nitrogen and oxygen atoms in total. The average molecular weight is 253 g/mol. The molecule has 0 bridgehead atoms. The molecule has 0 saturated heterocycles. The molecule has 0 spiro atoms. The largest absolute Gasteiger partial charge is 0.0885 e.